The number of benzene rings is 1. The zero-order valence-corrected chi connectivity index (χ0v) is 14.7. The summed E-state index contributed by atoms with van der Waals surface area (Å²) in [5.74, 6) is 3.08. The molecule has 132 valence electrons. The van der Waals surface area contributed by atoms with Crippen LogP contribution in [0.4, 0.5) is 4.79 Å². The van der Waals surface area contributed by atoms with Crippen LogP contribution in [0, 0.1) is 17.8 Å². The number of rotatable bonds is 4. The van der Waals surface area contributed by atoms with Crippen molar-refractivity contribution in [1.82, 2.24) is 5.32 Å². The molecular formula is C19H27NO4. The zero-order valence-electron chi connectivity index (χ0n) is 14.7. The fourth-order valence-corrected chi connectivity index (χ4v) is 3.65. The minimum Gasteiger partial charge on any atom is -0.454 e. The van der Waals surface area contributed by atoms with E-state index >= 15 is 0 Å². The van der Waals surface area contributed by atoms with Gasteiger partial charge in [0.25, 0.3) is 0 Å². The third-order valence-electron chi connectivity index (χ3n) is 5.09. The summed E-state index contributed by atoms with van der Waals surface area (Å²) in [6.07, 6.45) is 3.00. The third kappa shape index (κ3) is 3.94. The molecule has 0 bridgehead atoms. The Bertz CT molecular complexity index is 587. The number of carbonyl (C=O) groups excluding carboxylic acids is 1. The second-order valence-corrected chi connectivity index (χ2v) is 7.31. The Morgan fingerprint density at radius 3 is 2.88 bits per heavy atom. The van der Waals surface area contributed by atoms with E-state index < -0.39 is 0 Å². The molecule has 1 N–H and O–H groups in total. The van der Waals surface area contributed by atoms with Gasteiger partial charge in [-0.1, -0.05) is 33.3 Å². The maximum absolute atomic E-state index is 12.2. The van der Waals surface area contributed by atoms with Gasteiger partial charge in [-0.2, -0.15) is 0 Å². The van der Waals surface area contributed by atoms with E-state index in [1.165, 1.54) is 6.42 Å². The second-order valence-electron chi connectivity index (χ2n) is 7.31. The van der Waals surface area contributed by atoms with Crippen LogP contribution in [0.3, 0.4) is 0 Å². The Morgan fingerprint density at radius 1 is 1.29 bits per heavy atom. The highest BCUT2D eigenvalue weighted by Gasteiger charge is 2.33. The summed E-state index contributed by atoms with van der Waals surface area (Å²) in [6, 6.07) is 5.68. The highest BCUT2D eigenvalue weighted by molar-refractivity contribution is 5.67. The van der Waals surface area contributed by atoms with Crippen molar-refractivity contribution >= 4 is 6.09 Å². The highest BCUT2D eigenvalue weighted by Crippen LogP contribution is 2.35. The summed E-state index contributed by atoms with van der Waals surface area (Å²) in [5.41, 5.74) is 0.966. The minimum absolute atomic E-state index is 0.0190. The Kier molecular flexibility index (Phi) is 5.17. The molecule has 0 radical (unpaired) electrons. The van der Waals surface area contributed by atoms with E-state index in [1.807, 2.05) is 18.2 Å². The first-order valence-corrected chi connectivity index (χ1v) is 8.86. The highest BCUT2D eigenvalue weighted by atomic mass is 16.7. The number of carbonyl (C=O) groups is 1. The molecule has 1 aromatic carbocycles. The second kappa shape index (κ2) is 7.32. The molecule has 1 amide bonds. The number of alkyl carbamates (subject to hydrolysis) is 1. The van der Waals surface area contributed by atoms with Crippen molar-refractivity contribution in [3.05, 3.63) is 23.8 Å². The average Bonchev–Trinajstić information content (AvgIpc) is 3.00. The van der Waals surface area contributed by atoms with Crippen LogP contribution in [-0.4, -0.2) is 19.0 Å². The molecular weight excluding hydrogens is 306 g/mol. The third-order valence-corrected chi connectivity index (χ3v) is 5.09. The van der Waals surface area contributed by atoms with Crippen LogP contribution in [0.5, 0.6) is 11.5 Å². The van der Waals surface area contributed by atoms with E-state index in [0.29, 0.717) is 24.3 Å². The molecule has 3 atom stereocenters. The lowest BCUT2D eigenvalue weighted by Crippen LogP contribution is -2.38. The summed E-state index contributed by atoms with van der Waals surface area (Å²) in [4.78, 5) is 12.2. The molecule has 1 fully saturated rings. The fourth-order valence-electron chi connectivity index (χ4n) is 3.65. The molecule has 24 heavy (non-hydrogen) atoms. The van der Waals surface area contributed by atoms with Gasteiger partial charge in [0.2, 0.25) is 6.79 Å². The molecule has 0 unspecified atom stereocenters. The summed E-state index contributed by atoms with van der Waals surface area (Å²) in [7, 11) is 0. The lowest BCUT2D eigenvalue weighted by molar-refractivity contribution is 0.00601. The van der Waals surface area contributed by atoms with Gasteiger partial charge < -0.3 is 19.5 Å². The van der Waals surface area contributed by atoms with Crippen LogP contribution in [0.15, 0.2) is 18.2 Å². The molecule has 1 aromatic rings. The van der Waals surface area contributed by atoms with Gasteiger partial charge in [-0.05, 0) is 48.3 Å². The standard InChI is InChI=1S/C19H27NO4/c1-12(2)15-6-4-13(3)8-17(15)24-19(21)20-10-14-5-7-16-18(9-14)23-11-22-16/h5,7,9,12-13,15,17H,4,6,8,10-11H2,1-3H3,(H,20,21)/t13-,15+,17-/m0/s1. The molecule has 2 aliphatic rings. The van der Waals surface area contributed by atoms with Gasteiger partial charge >= 0.3 is 6.09 Å². The van der Waals surface area contributed by atoms with Crippen LogP contribution >= 0.6 is 0 Å². The predicted molar refractivity (Wildman–Crippen MR) is 91.0 cm³/mol. The lowest BCUT2D eigenvalue weighted by atomic mass is 9.75. The summed E-state index contributed by atoms with van der Waals surface area (Å²) >= 11 is 0. The first-order valence-electron chi connectivity index (χ1n) is 8.86. The number of hydrogen-bond acceptors (Lipinski definition) is 4. The van der Waals surface area contributed by atoms with Crippen LogP contribution in [0.1, 0.15) is 45.6 Å². The zero-order chi connectivity index (χ0) is 17.1. The number of amides is 1. The van der Waals surface area contributed by atoms with E-state index in [1.54, 1.807) is 0 Å². The topological polar surface area (TPSA) is 56.8 Å². The summed E-state index contributed by atoms with van der Waals surface area (Å²) in [6.45, 7) is 7.33. The number of fused-ring (bicyclic) bond motifs is 1. The number of ether oxygens (including phenoxy) is 3. The van der Waals surface area contributed by atoms with Crippen molar-refractivity contribution in [1.29, 1.82) is 0 Å². The molecule has 1 heterocycles. The lowest BCUT2D eigenvalue weighted by Gasteiger charge is -2.36. The quantitative estimate of drug-likeness (QED) is 0.901. The minimum atomic E-state index is -0.336. The van der Waals surface area contributed by atoms with Crippen molar-refractivity contribution in [3.8, 4) is 11.5 Å². The maximum atomic E-state index is 12.2. The van der Waals surface area contributed by atoms with E-state index in [2.05, 4.69) is 26.1 Å². The summed E-state index contributed by atoms with van der Waals surface area (Å²) in [5, 5.41) is 2.85. The molecule has 1 aliphatic heterocycles. The average molecular weight is 333 g/mol. The monoisotopic (exact) mass is 333 g/mol. The first-order chi connectivity index (χ1) is 11.5. The molecule has 0 aromatic heterocycles. The molecule has 1 saturated carbocycles. The first kappa shape index (κ1) is 16.9. The van der Waals surface area contributed by atoms with Gasteiger partial charge in [0.05, 0.1) is 0 Å². The van der Waals surface area contributed by atoms with Crippen LogP contribution in [0.25, 0.3) is 0 Å². The van der Waals surface area contributed by atoms with Crippen LogP contribution in [-0.2, 0) is 11.3 Å². The number of nitrogens with one attached hydrogen (secondary N) is 1. The Hall–Kier alpha value is -1.91. The van der Waals surface area contributed by atoms with Gasteiger partial charge in [0.15, 0.2) is 11.5 Å². The predicted octanol–water partition coefficient (Wildman–Crippen LogP) is 4.10. The Labute approximate surface area is 143 Å². The van der Waals surface area contributed by atoms with Gasteiger partial charge in [-0.15, -0.1) is 0 Å². The molecule has 0 saturated heterocycles. The fraction of sp³-hybridized carbons (Fsp3) is 0.632. The smallest absolute Gasteiger partial charge is 0.407 e. The van der Waals surface area contributed by atoms with Crippen molar-refractivity contribution in [2.75, 3.05) is 6.79 Å². The normalized spacial score (nSPS) is 25.6. The van der Waals surface area contributed by atoms with E-state index in [4.69, 9.17) is 14.2 Å². The number of hydrogen-bond donors (Lipinski definition) is 1. The summed E-state index contributed by atoms with van der Waals surface area (Å²) < 4.78 is 16.4. The maximum Gasteiger partial charge on any atom is 0.407 e. The molecule has 5 nitrogen and oxygen atoms in total. The Balaban J connectivity index is 1.53. The van der Waals surface area contributed by atoms with Gasteiger partial charge in [-0.25, -0.2) is 4.79 Å². The van der Waals surface area contributed by atoms with E-state index in [0.717, 1.165) is 29.9 Å². The van der Waals surface area contributed by atoms with Gasteiger partial charge in [0.1, 0.15) is 6.10 Å². The van der Waals surface area contributed by atoms with Crippen molar-refractivity contribution in [2.45, 2.75) is 52.7 Å². The van der Waals surface area contributed by atoms with E-state index in [9.17, 15) is 4.79 Å². The molecule has 0 spiro atoms. The van der Waals surface area contributed by atoms with Gasteiger partial charge in [0, 0.05) is 6.54 Å². The molecule has 1 aliphatic carbocycles. The van der Waals surface area contributed by atoms with Crippen molar-refractivity contribution in [3.63, 3.8) is 0 Å². The SMILES string of the molecule is CC(C)[C@H]1CC[C@H](C)C[C@@H]1OC(=O)NCc1ccc2c(c1)OCO2. The van der Waals surface area contributed by atoms with Crippen LogP contribution < -0.4 is 14.8 Å². The van der Waals surface area contributed by atoms with Gasteiger partial charge in [-0.3, -0.25) is 0 Å². The van der Waals surface area contributed by atoms with E-state index in [-0.39, 0.29) is 19.0 Å². The Morgan fingerprint density at radius 2 is 2.08 bits per heavy atom. The molecule has 5 heteroatoms. The van der Waals surface area contributed by atoms with Crippen LogP contribution in [0.2, 0.25) is 0 Å². The van der Waals surface area contributed by atoms with Crippen molar-refractivity contribution < 1.29 is 19.0 Å². The van der Waals surface area contributed by atoms with Crippen molar-refractivity contribution in [2.24, 2.45) is 17.8 Å². The largest absolute Gasteiger partial charge is 0.454 e. The molecule has 3 rings (SSSR count).